The van der Waals surface area contributed by atoms with Crippen molar-refractivity contribution in [1.29, 1.82) is 0 Å². The molecule has 0 bridgehead atoms. The fourth-order valence-corrected chi connectivity index (χ4v) is 1.16. The van der Waals surface area contributed by atoms with E-state index in [1.807, 2.05) is 0 Å². The monoisotopic (exact) mass is 231 g/mol. The molecule has 0 aromatic carbocycles. The van der Waals surface area contributed by atoms with Gasteiger partial charge >= 0.3 is 0 Å². The van der Waals surface area contributed by atoms with Gasteiger partial charge in [-0.1, -0.05) is 0 Å². The summed E-state index contributed by atoms with van der Waals surface area (Å²) in [4.78, 5) is 3.47. The molecule has 1 saturated carbocycles. The Balaban J connectivity index is 2.21. The summed E-state index contributed by atoms with van der Waals surface area (Å²) in [5.41, 5.74) is 0. The van der Waals surface area contributed by atoms with Gasteiger partial charge in [0.25, 0.3) is 0 Å². The summed E-state index contributed by atoms with van der Waals surface area (Å²) in [5, 5.41) is 0. The molecule has 0 N–H and O–H groups in total. The van der Waals surface area contributed by atoms with Crippen LogP contribution >= 0.6 is 15.9 Å². The second-order valence-electron chi connectivity index (χ2n) is 2.75. The summed E-state index contributed by atoms with van der Waals surface area (Å²) in [7, 11) is 0. The van der Waals surface area contributed by atoms with Crippen LogP contribution in [0.15, 0.2) is 16.7 Å². The van der Waals surface area contributed by atoms with Crippen LogP contribution in [0.5, 0.6) is 5.75 Å². The number of halogens is 2. The highest BCUT2D eigenvalue weighted by Gasteiger charge is 2.24. The van der Waals surface area contributed by atoms with Crippen molar-refractivity contribution in [2.45, 2.75) is 18.9 Å². The van der Waals surface area contributed by atoms with Crippen molar-refractivity contribution < 1.29 is 9.13 Å². The predicted octanol–water partition coefficient (Wildman–Crippen LogP) is 2.52. The summed E-state index contributed by atoms with van der Waals surface area (Å²) >= 11 is 3.23. The van der Waals surface area contributed by atoms with Crippen molar-refractivity contribution in [2.75, 3.05) is 0 Å². The van der Waals surface area contributed by atoms with Gasteiger partial charge in [-0.05, 0) is 28.8 Å². The smallest absolute Gasteiger partial charge is 0.216 e. The van der Waals surface area contributed by atoms with E-state index >= 15 is 0 Å². The van der Waals surface area contributed by atoms with Crippen molar-refractivity contribution in [1.82, 2.24) is 4.98 Å². The van der Waals surface area contributed by atoms with E-state index in [1.165, 1.54) is 12.3 Å². The molecule has 1 aromatic rings. The van der Waals surface area contributed by atoms with Crippen LogP contribution in [0.3, 0.4) is 0 Å². The minimum Gasteiger partial charge on any atom is -0.489 e. The average Bonchev–Trinajstić information content (AvgIpc) is 2.81. The Morgan fingerprint density at radius 1 is 1.58 bits per heavy atom. The standard InChI is InChI=1S/C8H7BrFNO/c9-6-4-11-8(10)3-7(6)12-5-1-2-5/h3-5H,1-2H2. The first-order valence-electron chi connectivity index (χ1n) is 3.73. The fourth-order valence-electron chi connectivity index (χ4n) is 0.852. The van der Waals surface area contributed by atoms with Gasteiger partial charge in [-0.3, -0.25) is 0 Å². The molecule has 1 aliphatic carbocycles. The summed E-state index contributed by atoms with van der Waals surface area (Å²) < 4.78 is 18.7. The van der Waals surface area contributed by atoms with E-state index in [0.717, 1.165) is 12.8 Å². The maximum atomic E-state index is 12.6. The lowest BCUT2D eigenvalue weighted by atomic mass is 10.4. The predicted molar refractivity (Wildman–Crippen MR) is 45.5 cm³/mol. The van der Waals surface area contributed by atoms with E-state index in [2.05, 4.69) is 20.9 Å². The van der Waals surface area contributed by atoms with Crippen molar-refractivity contribution in [2.24, 2.45) is 0 Å². The topological polar surface area (TPSA) is 22.1 Å². The van der Waals surface area contributed by atoms with Crippen molar-refractivity contribution in [3.8, 4) is 5.75 Å². The Morgan fingerprint density at radius 3 is 3.00 bits per heavy atom. The molecule has 12 heavy (non-hydrogen) atoms. The molecule has 64 valence electrons. The van der Waals surface area contributed by atoms with Gasteiger partial charge in [0.2, 0.25) is 5.95 Å². The van der Waals surface area contributed by atoms with Crippen LogP contribution < -0.4 is 4.74 Å². The van der Waals surface area contributed by atoms with Gasteiger partial charge in [-0.2, -0.15) is 4.39 Å². The zero-order valence-electron chi connectivity index (χ0n) is 6.26. The van der Waals surface area contributed by atoms with Crippen molar-refractivity contribution in [3.05, 3.63) is 22.7 Å². The Morgan fingerprint density at radius 2 is 2.33 bits per heavy atom. The third kappa shape index (κ3) is 1.75. The molecule has 0 radical (unpaired) electrons. The maximum Gasteiger partial charge on any atom is 0.216 e. The van der Waals surface area contributed by atoms with Gasteiger partial charge < -0.3 is 4.74 Å². The second kappa shape index (κ2) is 3.01. The minimum absolute atomic E-state index is 0.281. The lowest BCUT2D eigenvalue weighted by Gasteiger charge is -2.05. The molecular formula is C8H7BrFNO. The Bertz CT molecular complexity index is 301. The second-order valence-corrected chi connectivity index (χ2v) is 3.61. The van der Waals surface area contributed by atoms with Gasteiger partial charge in [-0.25, -0.2) is 4.98 Å². The zero-order chi connectivity index (χ0) is 8.55. The van der Waals surface area contributed by atoms with Gasteiger partial charge in [0.1, 0.15) is 5.75 Å². The SMILES string of the molecule is Fc1cc(OC2CC2)c(Br)cn1. The van der Waals surface area contributed by atoms with E-state index in [9.17, 15) is 4.39 Å². The highest BCUT2D eigenvalue weighted by molar-refractivity contribution is 9.10. The van der Waals surface area contributed by atoms with E-state index in [1.54, 1.807) is 0 Å². The molecule has 0 unspecified atom stereocenters. The largest absolute Gasteiger partial charge is 0.489 e. The molecule has 0 spiro atoms. The molecule has 2 nitrogen and oxygen atoms in total. The first-order chi connectivity index (χ1) is 5.75. The Hall–Kier alpha value is -0.640. The molecule has 0 saturated heterocycles. The van der Waals surface area contributed by atoms with Crippen LogP contribution in [0, 0.1) is 5.95 Å². The number of ether oxygens (including phenoxy) is 1. The lowest BCUT2D eigenvalue weighted by Crippen LogP contribution is -1.97. The van der Waals surface area contributed by atoms with E-state index in [-0.39, 0.29) is 6.10 Å². The Kier molecular flexibility index (Phi) is 2.00. The molecule has 0 amide bonds. The summed E-state index contributed by atoms with van der Waals surface area (Å²) in [5.74, 6) is 0.0406. The van der Waals surface area contributed by atoms with Crippen LogP contribution in [0.25, 0.3) is 0 Å². The molecule has 1 aliphatic rings. The number of rotatable bonds is 2. The van der Waals surface area contributed by atoms with Gasteiger partial charge in [0.05, 0.1) is 10.6 Å². The van der Waals surface area contributed by atoms with E-state index in [4.69, 9.17) is 4.74 Å². The summed E-state index contributed by atoms with van der Waals surface area (Å²) in [6, 6.07) is 1.29. The summed E-state index contributed by atoms with van der Waals surface area (Å²) in [6.45, 7) is 0. The van der Waals surface area contributed by atoms with Gasteiger partial charge in [-0.15, -0.1) is 0 Å². The van der Waals surface area contributed by atoms with Crippen LogP contribution in [0.1, 0.15) is 12.8 Å². The lowest BCUT2D eigenvalue weighted by molar-refractivity contribution is 0.298. The molecule has 2 rings (SSSR count). The minimum atomic E-state index is -0.506. The molecule has 1 aromatic heterocycles. The van der Waals surface area contributed by atoms with Crippen LogP contribution in [-0.2, 0) is 0 Å². The molecule has 1 heterocycles. The van der Waals surface area contributed by atoms with E-state index in [0.29, 0.717) is 10.2 Å². The number of hydrogen-bond donors (Lipinski definition) is 0. The average molecular weight is 232 g/mol. The fraction of sp³-hybridized carbons (Fsp3) is 0.375. The zero-order valence-corrected chi connectivity index (χ0v) is 7.84. The van der Waals surface area contributed by atoms with Crippen LogP contribution in [-0.4, -0.2) is 11.1 Å². The Labute approximate surface area is 77.9 Å². The quantitative estimate of drug-likeness (QED) is 0.731. The molecule has 0 atom stereocenters. The van der Waals surface area contributed by atoms with Crippen molar-refractivity contribution in [3.63, 3.8) is 0 Å². The van der Waals surface area contributed by atoms with Crippen molar-refractivity contribution >= 4 is 15.9 Å². The van der Waals surface area contributed by atoms with E-state index < -0.39 is 5.95 Å². The molecule has 0 aliphatic heterocycles. The third-order valence-electron chi connectivity index (χ3n) is 1.60. The van der Waals surface area contributed by atoms with Crippen LogP contribution in [0.2, 0.25) is 0 Å². The third-order valence-corrected chi connectivity index (χ3v) is 2.20. The maximum absolute atomic E-state index is 12.6. The van der Waals surface area contributed by atoms with Gasteiger partial charge in [0.15, 0.2) is 0 Å². The molecule has 4 heteroatoms. The van der Waals surface area contributed by atoms with Gasteiger partial charge in [0, 0.05) is 12.3 Å². The highest BCUT2D eigenvalue weighted by atomic mass is 79.9. The number of nitrogens with zero attached hydrogens (tertiary/aromatic N) is 1. The van der Waals surface area contributed by atoms with Crippen LogP contribution in [0.4, 0.5) is 4.39 Å². The highest BCUT2D eigenvalue weighted by Crippen LogP contribution is 2.31. The number of aromatic nitrogens is 1. The first kappa shape index (κ1) is 7.98. The molecule has 1 fully saturated rings. The number of pyridine rings is 1. The molecular weight excluding hydrogens is 225 g/mol. The first-order valence-corrected chi connectivity index (χ1v) is 4.53. The summed E-state index contributed by atoms with van der Waals surface area (Å²) in [6.07, 6.45) is 3.82. The normalized spacial score (nSPS) is 16.2. The number of hydrogen-bond acceptors (Lipinski definition) is 2.